The molecule has 28 heavy (non-hydrogen) atoms. The molecule has 0 aliphatic carbocycles. The van der Waals surface area contributed by atoms with Gasteiger partial charge in [0.05, 0.1) is 17.3 Å². The van der Waals surface area contributed by atoms with Gasteiger partial charge in [-0.15, -0.1) is 0 Å². The molecule has 2 N–H and O–H groups in total. The minimum Gasteiger partial charge on any atom is -0.345 e. The van der Waals surface area contributed by atoms with E-state index in [1.807, 2.05) is 69.3 Å². The number of carbonyl (C=O) groups is 2. The van der Waals surface area contributed by atoms with Crippen molar-refractivity contribution in [3.05, 3.63) is 101 Å². The monoisotopic (exact) mass is 372 g/mol. The van der Waals surface area contributed by atoms with Crippen LogP contribution in [0.15, 0.2) is 72.8 Å². The first kappa shape index (κ1) is 19.4. The number of nitrogens with one attached hydrogen (secondary N) is 2. The highest BCUT2D eigenvalue weighted by Crippen LogP contribution is 2.20. The Morgan fingerprint density at radius 1 is 0.786 bits per heavy atom. The van der Waals surface area contributed by atoms with Gasteiger partial charge in [0.2, 0.25) is 0 Å². The largest absolute Gasteiger partial charge is 0.345 e. The van der Waals surface area contributed by atoms with Gasteiger partial charge in [0.15, 0.2) is 0 Å². The number of hydrogen-bond donors (Lipinski definition) is 2. The fourth-order valence-corrected chi connectivity index (χ4v) is 3.06. The summed E-state index contributed by atoms with van der Waals surface area (Å²) in [6, 6.07) is 22.4. The number of rotatable bonds is 5. The second kappa shape index (κ2) is 8.53. The highest BCUT2D eigenvalue weighted by atomic mass is 16.2. The summed E-state index contributed by atoms with van der Waals surface area (Å²) < 4.78 is 0. The van der Waals surface area contributed by atoms with Crippen molar-refractivity contribution in [3.8, 4) is 0 Å². The van der Waals surface area contributed by atoms with E-state index in [0.29, 0.717) is 16.8 Å². The van der Waals surface area contributed by atoms with Crippen LogP contribution in [0.4, 0.5) is 5.69 Å². The van der Waals surface area contributed by atoms with Crippen LogP contribution in [0.2, 0.25) is 0 Å². The predicted octanol–water partition coefficient (Wildman–Crippen LogP) is 5.05. The number of aryl methyl sites for hydroxylation is 2. The van der Waals surface area contributed by atoms with Gasteiger partial charge in [-0.05, 0) is 50.1 Å². The molecular formula is C24H24N2O2. The van der Waals surface area contributed by atoms with Gasteiger partial charge in [-0.1, -0.05) is 60.2 Å². The van der Waals surface area contributed by atoms with Gasteiger partial charge < -0.3 is 10.6 Å². The molecule has 0 saturated carbocycles. The minimum absolute atomic E-state index is 0.142. The van der Waals surface area contributed by atoms with E-state index in [-0.39, 0.29) is 17.9 Å². The lowest BCUT2D eigenvalue weighted by Crippen LogP contribution is -2.28. The van der Waals surface area contributed by atoms with Gasteiger partial charge in [-0.2, -0.15) is 0 Å². The lowest BCUT2D eigenvalue weighted by Gasteiger charge is -2.17. The molecule has 1 atom stereocenters. The number of anilines is 1. The maximum Gasteiger partial charge on any atom is 0.255 e. The average molecular weight is 372 g/mol. The van der Waals surface area contributed by atoms with E-state index < -0.39 is 0 Å². The molecule has 3 rings (SSSR count). The van der Waals surface area contributed by atoms with Crippen molar-refractivity contribution >= 4 is 17.5 Å². The van der Waals surface area contributed by atoms with Gasteiger partial charge in [0.25, 0.3) is 11.8 Å². The van der Waals surface area contributed by atoms with Crippen LogP contribution in [0, 0.1) is 13.8 Å². The van der Waals surface area contributed by atoms with Gasteiger partial charge in [0, 0.05) is 5.56 Å². The number of benzene rings is 3. The number of hydrogen-bond acceptors (Lipinski definition) is 2. The standard InChI is InChI=1S/C24H24N2O2/c1-16-13-14-17(2)21(15-16)24(28)26-22-12-8-7-11-20(22)23(27)25-18(3)19-9-5-4-6-10-19/h4-15,18H,1-3H3,(H,25,27)(H,26,28)/t18-/m1/s1. The zero-order chi connectivity index (χ0) is 20.1. The minimum atomic E-state index is -0.229. The Hall–Kier alpha value is -3.40. The molecule has 0 aromatic heterocycles. The molecule has 0 heterocycles. The Labute approximate surface area is 165 Å². The molecule has 3 aromatic carbocycles. The van der Waals surface area contributed by atoms with Crippen LogP contribution in [-0.2, 0) is 0 Å². The average Bonchev–Trinajstić information content (AvgIpc) is 2.70. The van der Waals surface area contributed by atoms with Crippen LogP contribution in [0.5, 0.6) is 0 Å². The van der Waals surface area contributed by atoms with E-state index in [1.54, 1.807) is 24.3 Å². The van der Waals surface area contributed by atoms with Crippen LogP contribution in [0.1, 0.15) is 50.4 Å². The molecule has 0 spiro atoms. The third-order valence-electron chi connectivity index (χ3n) is 4.70. The third-order valence-corrected chi connectivity index (χ3v) is 4.70. The topological polar surface area (TPSA) is 58.2 Å². The summed E-state index contributed by atoms with van der Waals surface area (Å²) in [5.41, 5.74) is 4.46. The first-order valence-corrected chi connectivity index (χ1v) is 9.29. The lowest BCUT2D eigenvalue weighted by atomic mass is 10.0. The first-order chi connectivity index (χ1) is 13.5. The highest BCUT2D eigenvalue weighted by Gasteiger charge is 2.17. The van der Waals surface area contributed by atoms with Crippen molar-refractivity contribution in [1.82, 2.24) is 5.32 Å². The van der Waals surface area contributed by atoms with E-state index in [1.165, 1.54) is 0 Å². The molecule has 0 fully saturated rings. The van der Waals surface area contributed by atoms with Gasteiger partial charge in [0.1, 0.15) is 0 Å². The second-order valence-corrected chi connectivity index (χ2v) is 6.92. The molecule has 0 bridgehead atoms. The SMILES string of the molecule is Cc1ccc(C)c(C(=O)Nc2ccccc2C(=O)N[C@H](C)c2ccccc2)c1. The maximum absolute atomic E-state index is 12.8. The van der Waals surface area contributed by atoms with Crippen LogP contribution in [0.3, 0.4) is 0 Å². The highest BCUT2D eigenvalue weighted by molar-refractivity contribution is 6.09. The zero-order valence-electron chi connectivity index (χ0n) is 16.3. The van der Waals surface area contributed by atoms with Gasteiger partial charge in [-0.25, -0.2) is 0 Å². The third kappa shape index (κ3) is 4.46. The van der Waals surface area contributed by atoms with Crippen molar-refractivity contribution in [2.24, 2.45) is 0 Å². The molecule has 2 amide bonds. The summed E-state index contributed by atoms with van der Waals surface area (Å²) in [5, 5.41) is 5.89. The Morgan fingerprint density at radius 2 is 1.46 bits per heavy atom. The second-order valence-electron chi connectivity index (χ2n) is 6.92. The van der Waals surface area contributed by atoms with Crippen molar-refractivity contribution in [3.63, 3.8) is 0 Å². The molecule has 4 heteroatoms. The molecule has 0 unspecified atom stereocenters. The van der Waals surface area contributed by atoms with Gasteiger partial charge >= 0.3 is 0 Å². The van der Waals surface area contributed by atoms with Crippen LogP contribution < -0.4 is 10.6 Å². The summed E-state index contributed by atoms with van der Waals surface area (Å²) in [6.45, 7) is 5.78. The lowest BCUT2D eigenvalue weighted by molar-refractivity contribution is 0.0941. The van der Waals surface area contributed by atoms with E-state index in [2.05, 4.69) is 10.6 Å². The Balaban J connectivity index is 1.80. The molecule has 4 nitrogen and oxygen atoms in total. The molecule has 0 radical (unpaired) electrons. The maximum atomic E-state index is 12.8. The fraction of sp³-hybridized carbons (Fsp3) is 0.167. The predicted molar refractivity (Wildman–Crippen MR) is 113 cm³/mol. The number of carbonyl (C=O) groups excluding carboxylic acids is 2. The molecule has 0 aliphatic heterocycles. The molecule has 0 aliphatic rings. The first-order valence-electron chi connectivity index (χ1n) is 9.29. The Bertz CT molecular complexity index is 996. The van der Waals surface area contributed by atoms with Gasteiger partial charge in [-0.3, -0.25) is 9.59 Å². The van der Waals surface area contributed by atoms with Crippen molar-refractivity contribution in [1.29, 1.82) is 0 Å². The van der Waals surface area contributed by atoms with Crippen LogP contribution >= 0.6 is 0 Å². The molecule has 0 saturated heterocycles. The number of amides is 2. The normalized spacial score (nSPS) is 11.5. The summed E-state index contributed by atoms with van der Waals surface area (Å²) in [4.78, 5) is 25.6. The summed E-state index contributed by atoms with van der Waals surface area (Å²) in [7, 11) is 0. The fourth-order valence-electron chi connectivity index (χ4n) is 3.06. The van der Waals surface area contributed by atoms with E-state index in [0.717, 1.165) is 16.7 Å². The molecule has 142 valence electrons. The Kier molecular flexibility index (Phi) is 5.90. The summed E-state index contributed by atoms with van der Waals surface area (Å²) in [6.07, 6.45) is 0. The quantitative estimate of drug-likeness (QED) is 0.659. The van der Waals surface area contributed by atoms with E-state index in [4.69, 9.17) is 0 Å². The van der Waals surface area contributed by atoms with Crippen molar-refractivity contribution in [2.75, 3.05) is 5.32 Å². The number of para-hydroxylation sites is 1. The zero-order valence-corrected chi connectivity index (χ0v) is 16.3. The molecular weight excluding hydrogens is 348 g/mol. The van der Waals surface area contributed by atoms with Crippen molar-refractivity contribution in [2.45, 2.75) is 26.8 Å². The smallest absolute Gasteiger partial charge is 0.255 e. The van der Waals surface area contributed by atoms with E-state index in [9.17, 15) is 9.59 Å². The summed E-state index contributed by atoms with van der Waals surface area (Å²) in [5.74, 6) is -0.453. The van der Waals surface area contributed by atoms with Crippen LogP contribution in [0.25, 0.3) is 0 Å². The van der Waals surface area contributed by atoms with E-state index >= 15 is 0 Å². The van der Waals surface area contributed by atoms with Crippen molar-refractivity contribution < 1.29 is 9.59 Å². The molecule has 3 aromatic rings. The summed E-state index contributed by atoms with van der Waals surface area (Å²) >= 11 is 0. The van der Waals surface area contributed by atoms with Crippen LogP contribution in [-0.4, -0.2) is 11.8 Å². The Morgan fingerprint density at radius 3 is 2.21 bits per heavy atom.